The SMILES string of the molecule is CCOc1ccccc1C(=O)P(=O)(O[Si](CC)CC)O[Si](CC)CC. The zero-order valence-electron chi connectivity index (χ0n) is 15.8. The zero-order valence-corrected chi connectivity index (χ0v) is 18.7. The average molecular weight is 401 g/mol. The van der Waals surface area contributed by atoms with Gasteiger partial charge in [-0.3, -0.25) is 9.36 Å². The van der Waals surface area contributed by atoms with Crippen LogP contribution in [0.5, 0.6) is 5.75 Å². The van der Waals surface area contributed by atoms with E-state index in [2.05, 4.69) is 0 Å². The van der Waals surface area contributed by atoms with Gasteiger partial charge in [-0.15, -0.1) is 0 Å². The van der Waals surface area contributed by atoms with Crippen molar-refractivity contribution < 1.29 is 22.5 Å². The maximum absolute atomic E-state index is 13.5. The van der Waals surface area contributed by atoms with Gasteiger partial charge in [-0.05, 0) is 43.2 Å². The van der Waals surface area contributed by atoms with Gasteiger partial charge < -0.3 is 13.2 Å². The molecular weight excluding hydrogens is 371 g/mol. The first-order chi connectivity index (χ1) is 11.9. The maximum Gasteiger partial charge on any atom is 0.382 e. The lowest BCUT2D eigenvalue weighted by molar-refractivity contribution is 0.104. The number of hydrogen-bond donors (Lipinski definition) is 0. The summed E-state index contributed by atoms with van der Waals surface area (Å²) in [5, 5.41) is 0. The van der Waals surface area contributed by atoms with Crippen molar-refractivity contribution in [1.82, 2.24) is 0 Å². The second-order valence-corrected chi connectivity index (χ2v) is 13.3. The van der Waals surface area contributed by atoms with Crippen LogP contribution < -0.4 is 4.74 Å². The van der Waals surface area contributed by atoms with Crippen molar-refractivity contribution in [2.45, 2.75) is 58.8 Å². The number of ether oxygens (including phenoxy) is 1. The topological polar surface area (TPSA) is 61.8 Å². The minimum Gasteiger partial charge on any atom is -0.493 e. The number of carbonyl (C=O) groups excluding carboxylic acids is 1. The predicted octanol–water partition coefficient (Wildman–Crippen LogP) is 5.51. The van der Waals surface area contributed by atoms with E-state index in [0.29, 0.717) is 12.4 Å². The molecule has 140 valence electrons. The third-order valence-corrected chi connectivity index (χ3v) is 11.6. The first-order valence-electron chi connectivity index (χ1n) is 8.90. The molecule has 5 nitrogen and oxygen atoms in total. The number of carbonyl (C=O) groups is 1. The lowest BCUT2D eigenvalue weighted by atomic mass is 10.2. The first-order valence-corrected chi connectivity index (χ1v) is 14.1. The van der Waals surface area contributed by atoms with Gasteiger partial charge >= 0.3 is 7.60 Å². The lowest BCUT2D eigenvalue weighted by Crippen LogP contribution is -2.23. The molecule has 0 fully saturated rings. The largest absolute Gasteiger partial charge is 0.493 e. The zero-order chi connectivity index (χ0) is 18.9. The molecule has 0 bridgehead atoms. The summed E-state index contributed by atoms with van der Waals surface area (Å²) < 4.78 is 30.8. The van der Waals surface area contributed by atoms with Gasteiger partial charge in [0.25, 0.3) is 5.52 Å². The van der Waals surface area contributed by atoms with Gasteiger partial charge in [-0.25, -0.2) is 0 Å². The monoisotopic (exact) mass is 400 g/mol. The van der Waals surface area contributed by atoms with Gasteiger partial charge in [0.15, 0.2) is 0 Å². The maximum atomic E-state index is 13.5. The highest BCUT2D eigenvalue weighted by atomic mass is 31.2. The van der Waals surface area contributed by atoms with Crippen LogP contribution in [0.4, 0.5) is 0 Å². The van der Waals surface area contributed by atoms with Crippen LogP contribution in [-0.4, -0.2) is 30.2 Å². The molecule has 1 rings (SSSR count). The molecule has 1 aromatic carbocycles. The molecule has 25 heavy (non-hydrogen) atoms. The van der Waals surface area contributed by atoms with Gasteiger partial charge in [-0.2, -0.15) is 0 Å². The predicted molar refractivity (Wildman–Crippen MR) is 105 cm³/mol. The molecule has 0 amide bonds. The molecule has 0 saturated carbocycles. The molecule has 0 aliphatic rings. The minimum atomic E-state index is -3.89. The van der Waals surface area contributed by atoms with Gasteiger partial charge in [0.2, 0.25) is 18.1 Å². The van der Waals surface area contributed by atoms with Crippen molar-refractivity contribution >= 4 is 31.2 Å². The summed E-state index contributed by atoms with van der Waals surface area (Å²) in [5.41, 5.74) is -0.305. The van der Waals surface area contributed by atoms with Crippen LogP contribution in [0.2, 0.25) is 24.2 Å². The summed E-state index contributed by atoms with van der Waals surface area (Å²) in [6.45, 7) is 10.2. The molecule has 0 heterocycles. The van der Waals surface area contributed by atoms with Gasteiger partial charge in [-0.1, -0.05) is 39.8 Å². The van der Waals surface area contributed by atoms with Gasteiger partial charge in [0.05, 0.1) is 12.2 Å². The van der Waals surface area contributed by atoms with E-state index in [1.165, 1.54) is 0 Å². The van der Waals surface area contributed by atoms with E-state index in [1.54, 1.807) is 24.3 Å². The average Bonchev–Trinajstić information content (AvgIpc) is 2.64. The molecule has 2 radical (unpaired) electrons. The van der Waals surface area contributed by atoms with Crippen LogP contribution in [0.25, 0.3) is 0 Å². The fourth-order valence-electron chi connectivity index (χ4n) is 2.27. The van der Waals surface area contributed by atoms with Crippen LogP contribution in [0.15, 0.2) is 24.3 Å². The summed E-state index contributed by atoms with van der Waals surface area (Å²) >= 11 is 0. The first kappa shape index (κ1) is 22.3. The number of benzene rings is 1. The molecule has 0 unspecified atom stereocenters. The molecule has 0 aromatic heterocycles. The van der Waals surface area contributed by atoms with Crippen LogP contribution in [0.1, 0.15) is 45.0 Å². The molecule has 0 atom stereocenters. The Bertz CT molecular complexity index is 570. The molecule has 8 heteroatoms. The van der Waals surface area contributed by atoms with Crippen LogP contribution in [-0.2, 0) is 13.0 Å². The van der Waals surface area contributed by atoms with Gasteiger partial charge in [0, 0.05) is 0 Å². The van der Waals surface area contributed by atoms with Crippen molar-refractivity contribution in [3.8, 4) is 5.75 Å². The Morgan fingerprint density at radius 2 is 1.40 bits per heavy atom. The summed E-state index contributed by atoms with van der Waals surface area (Å²) in [6, 6.07) is 9.94. The summed E-state index contributed by atoms with van der Waals surface area (Å²) in [7, 11) is -6.59. The molecule has 0 aliphatic carbocycles. The standard InChI is InChI=1S/C17H29O5PSi2/c1-6-20-16-14-12-11-13-15(16)17(18)23(19,21-24(7-2)8-3)22-25(9-4)10-5/h11-14H,6-10H2,1-5H3. The quantitative estimate of drug-likeness (QED) is 0.342. The van der Waals surface area contributed by atoms with Crippen LogP contribution in [0, 0.1) is 0 Å². The van der Waals surface area contributed by atoms with Gasteiger partial charge in [0.1, 0.15) is 5.75 Å². The fraction of sp³-hybridized carbons (Fsp3) is 0.588. The third kappa shape index (κ3) is 6.18. The molecule has 0 saturated heterocycles. The molecule has 1 aromatic rings. The second-order valence-electron chi connectivity index (χ2n) is 5.41. The van der Waals surface area contributed by atoms with E-state index >= 15 is 0 Å². The van der Waals surface area contributed by atoms with Crippen molar-refractivity contribution in [3.63, 3.8) is 0 Å². The Hall–Kier alpha value is -0.726. The van der Waals surface area contributed by atoms with E-state index in [-0.39, 0.29) is 5.56 Å². The molecule has 0 spiro atoms. The minimum absolute atomic E-state index is 0.273. The highest BCUT2D eigenvalue weighted by molar-refractivity contribution is 7.74. The van der Waals surface area contributed by atoms with E-state index in [1.807, 2.05) is 34.6 Å². The van der Waals surface area contributed by atoms with Crippen molar-refractivity contribution in [2.75, 3.05) is 6.61 Å². The molecular formula is C17H29O5PSi2. The normalized spacial score (nSPS) is 12.0. The number of rotatable bonds is 12. The Morgan fingerprint density at radius 1 is 0.920 bits per heavy atom. The highest BCUT2D eigenvalue weighted by Gasteiger charge is 2.41. The van der Waals surface area contributed by atoms with Crippen LogP contribution >= 0.6 is 7.60 Å². The molecule has 0 aliphatic heterocycles. The molecule has 0 N–H and O–H groups in total. The Morgan fingerprint density at radius 3 is 1.84 bits per heavy atom. The van der Waals surface area contributed by atoms with Crippen molar-refractivity contribution in [3.05, 3.63) is 29.8 Å². The summed E-state index contributed by atoms with van der Waals surface area (Å²) in [4.78, 5) is 13.1. The highest BCUT2D eigenvalue weighted by Crippen LogP contribution is 2.54. The summed E-state index contributed by atoms with van der Waals surface area (Å²) in [6.07, 6.45) is 0. The third-order valence-electron chi connectivity index (χ3n) is 3.74. The second kappa shape index (κ2) is 11.1. The van der Waals surface area contributed by atoms with Crippen LogP contribution in [0.3, 0.4) is 0 Å². The Balaban J connectivity index is 3.26. The fourth-order valence-corrected chi connectivity index (χ4v) is 9.68. The smallest absolute Gasteiger partial charge is 0.382 e. The lowest BCUT2D eigenvalue weighted by Gasteiger charge is -2.25. The Labute approximate surface area is 155 Å². The summed E-state index contributed by atoms with van der Waals surface area (Å²) in [5.74, 6) is 0.422. The Kier molecular flexibility index (Phi) is 9.89. The van der Waals surface area contributed by atoms with Crippen molar-refractivity contribution in [2.24, 2.45) is 0 Å². The van der Waals surface area contributed by atoms with E-state index in [9.17, 15) is 9.36 Å². The number of hydrogen-bond acceptors (Lipinski definition) is 5. The van der Waals surface area contributed by atoms with E-state index in [0.717, 1.165) is 24.2 Å². The van der Waals surface area contributed by atoms with E-state index in [4.69, 9.17) is 13.2 Å². The number of para-hydroxylation sites is 1. The van der Waals surface area contributed by atoms with E-state index < -0.39 is 31.2 Å². The van der Waals surface area contributed by atoms with Crippen molar-refractivity contribution in [1.29, 1.82) is 0 Å².